The van der Waals surface area contributed by atoms with Crippen LogP contribution in [0.4, 0.5) is 0 Å². The minimum atomic E-state index is -0.446. The van der Waals surface area contributed by atoms with E-state index in [2.05, 4.69) is 189 Å². The molecule has 2 heterocycles. The number of pyridine rings is 2. The van der Waals surface area contributed by atoms with Crippen molar-refractivity contribution >= 4 is 23.8 Å². The molecule has 0 radical (unpaired) electrons. The van der Waals surface area contributed by atoms with Gasteiger partial charge in [0.2, 0.25) is 0 Å². The largest absolute Gasteiger partial charge is 1.00 e. The van der Waals surface area contributed by atoms with Gasteiger partial charge in [-0.05, 0) is 121 Å². The third-order valence-corrected chi connectivity index (χ3v) is 12.1. The molecule has 6 aromatic carbocycles. The van der Waals surface area contributed by atoms with Crippen molar-refractivity contribution in [2.75, 3.05) is 21.1 Å². The van der Waals surface area contributed by atoms with Gasteiger partial charge in [-0.1, -0.05) is 138 Å². The monoisotopic (exact) mass is 907 g/mol. The van der Waals surface area contributed by atoms with Crippen LogP contribution in [0.3, 0.4) is 0 Å². The number of quaternary nitrogens is 1. The molecular formula is C59H47BrN3P. The zero-order valence-corrected chi connectivity index (χ0v) is 38.9. The third-order valence-electron chi connectivity index (χ3n) is 9.68. The van der Waals surface area contributed by atoms with E-state index in [1.54, 1.807) is 24.8 Å². The summed E-state index contributed by atoms with van der Waals surface area (Å²) in [6.45, 7) is 2.97. The Morgan fingerprint density at radius 2 is 0.672 bits per heavy atom. The van der Waals surface area contributed by atoms with Crippen molar-refractivity contribution in [2.24, 2.45) is 0 Å². The molecule has 0 aliphatic carbocycles. The highest BCUT2D eigenvalue weighted by Crippen LogP contribution is 2.32. The molecule has 0 bridgehead atoms. The van der Waals surface area contributed by atoms with Crippen LogP contribution in [0.5, 0.6) is 0 Å². The number of halogens is 1. The third kappa shape index (κ3) is 14.1. The average molecular weight is 909 g/mol. The smallest absolute Gasteiger partial charge is 0.104 e. The number of nitrogens with zero attached hydrogens (tertiary/aromatic N) is 3. The number of aromatic nitrogens is 2. The van der Waals surface area contributed by atoms with E-state index >= 15 is 0 Å². The molecule has 8 aromatic rings. The maximum Gasteiger partial charge on any atom is 0.104 e. The zero-order valence-electron chi connectivity index (χ0n) is 36.4. The SMILES string of the molecule is Cc1c(C#Cc2ccc(C#Cc3ccncc3)cc2)cc(C[N+](C)(C)C)cc1C#Cc1ccc(C#Cc2ccncc2)cc1.[Br-].c1ccc(P(c2ccccc2)c2ccccc2)cc1. The number of hydrogen-bond acceptors (Lipinski definition) is 2. The normalized spacial score (nSPS) is 10.1. The summed E-state index contributed by atoms with van der Waals surface area (Å²) >= 11 is 0. The van der Waals surface area contributed by atoms with Crippen LogP contribution < -0.4 is 32.9 Å². The van der Waals surface area contributed by atoms with Gasteiger partial charge < -0.3 is 21.5 Å². The van der Waals surface area contributed by atoms with Gasteiger partial charge in [0.1, 0.15) is 6.54 Å². The lowest BCUT2D eigenvalue weighted by molar-refractivity contribution is -0.884. The van der Waals surface area contributed by atoms with Gasteiger partial charge in [-0.15, -0.1) is 0 Å². The maximum absolute atomic E-state index is 4.04. The van der Waals surface area contributed by atoms with E-state index in [0.29, 0.717) is 0 Å². The summed E-state index contributed by atoms with van der Waals surface area (Å²) in [5.41, 5.74) is 9.92. The van der Waals surface area contributed by atoms with E-state index < -0.39 is 7.92 Å². The lowest BCUT2D eigenvalue weighted by Crippen LogP contribution is -3.00. The van der Waals surface area contributed by atoms with Gasteiger partial charge in [0.25, 0.3) is 0 Å². The standard InChI is InChI=1S/C41H32N3.C18H15P.BrH/c1-32-40(19-17-35-9-5-33(6-10-35)13-15-37-21-25-42-26-22-37)29-39(31-44(2,3)4)30-41(32)20-18-36-11-7-34(8-12-36)14-16-38-23-27-43-28-24-38;1-4-10-16(11-5-1)19(17-12-6-2-7-13-17)18-14-8-3-9-15-18;/h5-12,21-30H,31H2,1-4H3;1-15H;1H/q+1;;/p-1. The first-order valence-corrected chi connectivity index (χ1v) is 22.1. The number of rotatable bonds is 5. The molecule has 0 saturated heterocycles. The molecule has 0 aliphatic rings. The molecule has 64 heavy (non-hydrogen) atoms. The van der Waals surface area contributed by atoms with Crippen LogP contribution in [0, 0.1) is 54.3 Å². The molecule has 2 aromatic heterocycles. The van der Waals surface area contributed by atoms with Gasteiger partial charge in [-0.2, -0.15) is 0 Å². The topological polar surface area (TPSA) is 25.8 Å². The van der Waals surface area contributed by atoms with E-state index in [9.17, 15) is 0 Å². The fourth-order valence-corrected chi connectivity index (χ4v) is 8.87. The second-order valence-corrected chi connectivity index (χ2v) is 18.0. The lowest BCUT2D eigenvalue weighted by atomic mass is 9.97. The second-order valence-electron chi connectivity index (χ2n) is 15.7. The number of benzene rings is 6. The molecule has 0 unspecified atom stereocenters. The first-order chi connectivity index (χ1) is 30.8. The van der Waals surface area contributed by atoms with Crippen molar-refractivity contribution in [3.8, 4) is 47.4 Å². The van der Waals surface area contributed by atoms with E-state index in [-0.39, 0.29) is 17.0 Å². The van der Waals surface area contributed by atoms with E-state index in [1.807, 2.05) is 72.8 Å². The summed E-state index contributed by atoms with van der Waals surface area (Å²) in [5.74, 6) is 26.3. The average Bonchev–Trinajstić information content (AvgIpc) is 3.32. The fraction of sp³-hybridized carbons (Fsp3) is 0.0847. The molecule has 0 saturated carbocycles. The van der Waals surface area contributed by atoms with E-state index in [0.717, 1.165) is 61.1 Å². The molecule has 0 atom stereocenters. The molecule has 310 valence electrons. The van der Waals surface area contributed by atoms with Crippen LogP contribution in [0.15, 0.2) is 201 Å². The number of hydrogen-bond donors (Lipinski definition) is 0. The molecule has 0 aliphatic heterocycles. The van der Waals surface area contributed by atoms with Crippen LogP contribution >= 0.6 is 7.92 Å². The van der Waals surface area contributed by atoms with Gasteiger partial charge in [0.15, 0.2) is 0 Å². The highest BCUT2D eigenvalue weighted by molar-refractivity contribution is 7.79. The van der Waals surface area contributed by atoms with Crippen LogP contribution in [0.25, 0.3) is 0 Å². The molecular weight excluding hydrogens is 862 g/mol. The van der Waals surface area contributed by atoms with Crippen molar-refractivity contribution < 1.29 is 21.5 Å². The van der Waals surface area contributed by atoms with Crippen LogP contribution in [-0.2, 0) is 6.54 Å². The van der Waals surface area contributed by atoms with Crippen molar-refractivity contribution in [1.82, 2.24) is 9.97 Å². The van der Waals surface area contributed by atoms with Gasteiger partial charge in [0.05, 0.1) is 21.1 Å². The predicted molar refractivity (Wildman–Crippen MR) is 263 cm³/mol. The Bertz CT molecular complexity index is 2760. The Hall–Kier alpha value is -7.27. The van der Waals surface area contributed by atoms with Gasteiger partial charge in [0, 0.05) is 74.9 Å². The first kappa shape index (κ1) is 46.2. The van der Waals surface area contributed by atoms with Gasteiger partial charge in [-0.3, -0.25) is 9.97 Å². The summed E-state index contributed by atoms with van der Waals surface area (Å²) in [7, 11) is 6.12. The molecule has 3 nitrogen and oxygen atoms in total. The summed E-state index contributed by atoms with van der Waals surface area (Å²) in [6.07, 6.45) is 6.99. The summed E-state index contributed by atoms with van der Waals surface area (Å²) < 4.78 is 0.812. The Morgan fingerprint density at radius 1 is 0.391 bits per heavy atom. The van der Waals surface area contributed by atoms with Gasteiger partial charge in [-0.25, -0.2) is 0 Å². The van der Waals surface area contributed by atoms with Crippen molar-refractivity contribution in [2.45, 2.75) is 13.5 Å². The fourth-order valence-electron chi connectivity index (χ4n) is 6.56. The summed E-state index contributed by atoms with van der Waals surface area (Å²) in [6, 6.07) is 60.4. The molecule has 5 heteroatoms. The van der Waals surface area contributed by atoms with E-state index in [4.69, 9.17) is 0 Å². The molecule has 0 spiro atoms. The van der Waals surface area contributed by atoms with Crippen LogP contribution in [0.2, 0.25) is 0 Å². The Labute approximate surface area is 391 Å². The Kier molecular flexibility index (Phi) is 16.8. The lowest BCUT2D eigenvalue weighted by Gasteiger charge is -2.24. The zero-order chi connectivity index (χ0) is 43.7. The summed E-state index contributed by atoms with van der Waals surface area (Å²) in [5, 5.41) is 4.19. The molecule has 0 fully saturated rings. The van der Waals surface area contributed by atoms with Crippen LogP contribution in [-0.4, -0.2) is 35.6 Å². The predicted octanol–water partition coefficient (Wildman–Crippen LogP) is 7.04. The Balaban J connectivity index is 0.000000283. The van der Waals surface area contributed by atoms with Crippen LogP contribution in [0.1, 0.15) is 55.6 Å². The highest BCUT2D eigenvalue weighted by atomic mass is 79.9. The first-order valence-electron chi connectivity index (χ1n) is 20.7. The minimum absolute atomic E-state index is 0. The quantitative estimate of drug-likeness (QED) is 0.105. The van der Waals surface area contributed by atoms with Gasteiger partial charge >= 0.3 is 0 Å². The Morgan fingerprint density at radius 3 is 0.969 bits per heavy atom. The summed E-state index contributed by atoms with van der Waals surface area (Å²) in [4.78, 5) is 8.07. The van der Waals surface area contributed by atoms with Crippen molar-refractivity contribution in [1.29, 1.82) is 0 Å². The van der Waals surface area contributed by atoms with Crippen molar-refractivity contribution in [3.63, 3.8) is 0 Å². The molecule has 8 rings (SSSR count). The maximum atomic E-state index is 4.04. The highest BCUT2D eigenvalue weighted by Gasteiger charge is 2.15. The second kappa shape index (κ2) is 23.3. The van der Waals surface area contributed by atoms with E-state index in [1.165, 1.54) is 21.5 Å². The molecule has 0 amide bonds. The minimum Gasteiger partial charge on any atom is -1.00 e. The van der Waals surface area contributed by atoms with Crippen molar-refractivity contribution in [3.05, 3.63) is 256 Å². The molecule has 0 N–H and O–H groups in total.